The molecule has 0 saturated heterocycles. The Kier molecular flexibility index (Phi) is 7.91. The minimum absolute atomic E-state index is 0.00849. The summed E-state index contributed by atoms with van der Waals surface area (Å²) >= 11 is 0. The number of amides is 1. The van der Waals surface area contributed by atoms with Crippen LogP contribution in [0.15, 0.2) is 29.3 Å². The summed E-state index contributed by atoms with van der Waals surface area (Å²) in [5.74, 6) is 1.52. The van der Waals surface area contributed by atoms with Gasteiger partial charge in [-0.05, 0) is 43.7 Å². The Morgan fingerprint density at radius 1 is 1.14 bits per heavy atom. The molecular formula is C22H32N4O2. The Balaban J connectivity index is 2.19. The fourth-order valence-electron chi connectivity index (χ4n) is 2.91. The van der Waals surface area contributed by atoms with Crippen LogP contribution in [0.3, 0.4) is 0 Å². The number of pyridine rings is 1. The molecule has 0 aliphatic carbocycles. The number of aromatic amines is 1. The van der Waals surface area contributed by atoms with Crippen LogP contribution in [0.5, 0.6) is 0 Å². The lowest BCUT2D eigenvalue weighted by Crippen LogP contribution is -2.36. The van der Waals surface area contributed by atoms with E-state index in [1.165, 1.54) is 0 Å². The molecule has 2 rings (SSSR count). The summed E-state index contributed by atoms with van der Waals surface area (Å²) in [6.45, 7) is 11.8. The van der Waals surface area contributed by atoms with Crippen molar-refractivity contribution in [2.24, 2.45) is 11.8 Å². The number of aryl methyl sites for hydroxylation is 1. The topological polar surface area (TPSA) is 79.0 Å². The van der Waals surface area contributed by atoms with Crippen molar-refractivity contribution in [3.8, 4) is 11.4 Å². The molecule has 2 aromatic rings. The molecule has 6 heteroatoms. The van der Waals surface area contributed by atoms with Crippen LogP contribution in [0.4, 0.5) is 0 Å². The molecule has 28 heavy (non-hydrogen) atoms. The number of aromatic nitrogens is 3. The zero-order valence-electron chi connectivity index (χ0n) is 17.7. The van der Waals surface area contributed by atoms with Gasteiger partial charge >= 0.3 is 0 Å². The van der Waals surface area contributed by atoms with Crippen LogP contribution in [-0.4, -0.2) is 38.8 Å². The van der Waals surface area contributed by atoms with Gasteiger partial charge in [-0.2, -0.15) is 0 Å². The van der Waals surface area contributed by atoms with Gasteiger partial charge in [-0.15, -0.1) is 0 Å². The summed E-state index contributed by atoms with van der Waals surface area (Å²) in [5, 5.41) is 0. The smallest absolute Gasteiger partial charge is 0.255 e. The summed E-state index contributed by atoms with van der Waals surface area (Å²) < 4.78 is 0. The number of nitrogens with zero attached hydrogens (tertiary/aromatic N) is 3. The van der Waals surface area contributed by atoms with E-state index in [0.717, 1.165) is 31.5 Å². The normalized spacial score (nSPS) is 11.2. The maximum Gasteiger partial charge on any atom is 0.255 e. The molecule has 0 aliphatic heterocycles. The van der Waals surface area contributed by atoms with E-state index in [2.05, 4.69) is 42.6 Å². The van der Waals surface area contributed by atoms with Crippen molar-refractivity contribution in [1.82, 2.24) is 19.9 Å². The number of hydrogen-bond donors (Lipinski definition) is 1. The second-order valence-electron chi connectivity index (χ2n) is 8.14. The standard InChI is InChI=1S/C22H32N4O2/c1-15(2)8-11-26(12-9-16(3)4)20(27)13-19-17(5)24-21(25-22(19)28)18-7-6-10-23-14-18/h6-7,10,14-16H,8-9,11-13H2,1-5H3,(H,24,25,28). The molecule has 2 heterocycles. The zero-order chi connectivity index (χ0) is 20.7. The highest BCUT2D eigenvalue weighted by Gasteiger charge is 2.19. The van der Waals surface area contributed by atoms with E-state index >= 15 is 0 Å². The molecule has 0 aromatic carbocycles. The zero-order valence-corrected chi connectivity index (χ0v) is 17.7. The summed E-state index contributed by atoms with van der Waals surface area (Å²) in [6, 6.07) is 3.64. The minimum Gasteiger partial charge on any atom is -0.342 e. The monoisotopic (exact) mass is 384 g/mol. The van der Waals surface area contributed by atoms with Gasteiger partial charge in [0.25, 0.3) is 5.56 Å². The summed E-state index contributed by atoms with van der Waals surface area (Å²) in [4.78, 5) is 38.8. The van der Waals surface area contributed by atoms with Crippen LogP contribution in [0.2, 0.25) is 0 Å². The van der Waals surface area contributed by atoms with Gasteiger partial charge in [0.1, 0.15) is 5.82 Å². The number of H-pyrrole nitrogens is 1. The van der Waals surface area contributed by atoms with E-state index in [1.54, 1.807) is 25.4 Å². The van der Waals surface area contributed by atoms with Crippen LogP contribution in [0.25, 0.3) is 11.4 Å². The first-order valence-electron chi connectivity index (χ1n) is 10.1. The number of rotatable bonds is 9. The molecule has 0 aliphatic rings. The Hall–Kier alpha value is -2.50. The van der Waals surface area contributed by atoms with Gasteiger partial charge in [0.15, 0.2) is 0 Å². The maximum absolute atomic E-state index is 12.9. The Labute approximate surface area is 167 Å². The third kappa shape index (κ3) is 6.29. The van der Waals surface area contributed by atoms with E-state index in [4.69, 9.17) is 0 Å². The summed E-state index contributed by atoms with van der Waals surface area (Å²) in [5.41, 5.74) is 1.52. The summed E-state index contributed by atoms with van der Waals surface area (Å²) in [6.07, 6.45) is 5.32. The first-order valence-corrected chi connectivity index (χ1v) is 10.1. The van der Waals surface area contributed by atoms with Gasteiger partial charge in [0.2, 0.25) is 5.91 Å². The maximum atomic E-state index is 12.9. The van der Waals surface area contributed by atoms with Gasteiger partial charge in [-0.25, -0.2) is 4.98 Å². The fourth-order valence-corrected chi connectivity index (χ4v) is 2.91. The predicted octanol–water partition coefficient (Wildman–Crippen LogP) is 3.60. The summed E-state index contributed by atoms with van der Waals surface area (Å²) in [7, 11) is 0. The van der Waals surface area contributed by atoms with Crippen LogP contribution >= 0.6 is 0 Å². The molecule has 0 saturated carbocycles. The Bertz CT molecular complexity index is 816. The first kappa shape index (κ1) is 21.8. The molecule has 0 unspecified atom stereocenters. The molecular weight excluding hydrogens is 352 g/mol. The van der Waals surface area contributed by atoms with Crippen LogP contribution in [0, 0.1) is 18.8 Å². The van der Waals surface area contributed by atoms with Crippen LogP contribution in [0.1, 0.15) is 51.8 Å². The van der Waals surface area contributed by atoms with Crippen molar-refractivity contribution >= 4 is 5.91 Å². The van der Waals surface area contributed by atoms with Gasteiger partial charge in [0, 0.05) is 42.3 Å². The largest absolute Gasteiger partial charge is 0.342 e. The molecule has 0 bridgehead atoms. The average Bonchev–Trinajstić information content (AvgIpc) is 2.64. The van der Waals surface area contributed by atoms with Gasteiger partial charge in [-0.1, -0.05) is 27.7 Å². The third-order valence-electron chi connectivity index (χ3n) is 4.79. The van der Waals surface area contributed by atoms with Crippen molar-refractivity contribution in [2.45, 2.75) is 53.9 Å². The van der Waals surface area contributed by atoms with E-state index in [0.29, 0.717) is 28.9 Å². The SMILES string of the molecule is Cc1nc(-c2cccnc2)[nH]c(=O)c1CC(=O)N(CCC(C)C)CCC(C)C. The van der Waals surface area contributed by atoms with E-state index in [1.807, 2.05) is 11.0 Å². The average molecular weight is 385 g/mol. The molecule has 2 aromatic heterocycles. The van der Waals surface area contributed by atoms with Gasteiger partial charge < -0.3 is 9.88 Å². The highest BCUT2D eigenvalue weighted by atomic mass is 16.2. The molecule has 0 atom stereocenters. The van der Waals surface area contributed by atoms with E-state index in [9.17, 15) is 9.59 Å². The van der Waals surface area contributed by atoms with Crippen LogP contribution < -0.4 is 5.56 Å². The third-order valence-corrected chi connectivity index (χ3v) is 4.79. The second kappa shape index (κ2) is 10.2. The van der Waals surface area contributed by atoms with E-state index in [-0.39, 0.29) is 17.9 Å². The first-order chi connectivity index (χ1) is 13.3. The fraction of sp³-hybridized carbons (Fsp3) is 0.545. The van der Waals surface area contributed by atoms with Gasteiger partial charge in [0.05, 0.1) is 6.42 Å². The van der Waals surface area contributed by atoms with Gasteiger partial charge in [-0.3, -0.25) is 14.6 Å². The van der Waals surface area contributed by atoms with Crippen molar-refractivity contribution in [1.29, 1.82) is 0 Å². The van der Waals surface area contributed by atoms with Crippen LogP contribution in [-0.2, 0) is 11.2 Å². The highest BCUT2D eigenvalue weighted by Crippen LogP contribution is 2.14. The quantitative estimate of drug-likeness (QED) is 0.716. The lowest BCUT2D eigenvalue weighted by atomic mass is 10.1. The van der Waals surface area contributed by atoms with Crippen molar-refractivity contribution in [2.75, 3.05) is 13.1 Å². The molecule has 152 valence electrons. The van der Waals surface area contributed by atoms with E-state index < -0.39 is 0 Å². The lowest BCUT2D eigenvalue weighted by Gasteiger charge is -2.24. The molecule has 1 amide bonds. The number of carbonyl (C=O) groups is 1. The molecule has 0 radical (unpaired) electrons. The number of carbonyl (C=O) groups excluding carboxylic acids is 1. The molecule has 0 fully saturated rings. The lowest BCUT2D eigenvalue weighted by molar-refractivity contribution is -0.130. The number of nitrogens with one attached hydrogen (secondary N) is 1. The Morgan fingerprint density at radius 3 is 2.29 bits per heavy atom. The Morgan fingerprint density at radius 2 is 1.79 bits per heavy atom. The predicted molar refractivity (Wildman–Crippen MR) is 112 cm³/mol. The molecule has 1 N–H and O–H groups in total. The van der Waals surface area contributed by atoms with Crippen molar-refractivity contribution < 1.29 is 4.79 Å². The molecule has 0 spiro atoms. The second-order valence-corrected chi connectivity index (χ2v) is 8.14. The van der Waals surface area contributed by atoms with Crippen molar-refractivity contribution in [3.63, 3.8) is 0 Å². The number of hydrogen-bond acceptors (Lipinski definition) is 4. The highest BCUT2D eigenvalue weighted by molar-refractivity contribution is 5.79. The minimum atomic E-state index is -0.257. The van der Waals surface area contributed by atoms with Crippen molar-refractivity contribution in [3.05, 3.63) is 46.1 Å². The molecule has 6 nitrogen and oxygen atoms in total.